The van der Waals surface area contributed by atoms with Crippen LogP contribution in [0.15, 0.2) is 22.8 Å². The Morgan fingerprint density at radius 1 is 1.40 bits per heavy atom. The predicted octanol–water partition coefficient (Wildman–Crippen LogP) is 3.23. The molecule has 1 rings (SSSR count). The molecule has 0 aromatic carbocycles. The van der Waals surface area contributed by atoms with E-state index in [1.54, 1.807) is 12.1 Å². The van der Waals surface area contributed by atoms with Gasteiger partial charge in [-0.1, -0.05) is 33.6 Å². The van der Waals surface area contributed by atoms with Crippen molar-refractivity contribution < 1.29 is 9.21 Å². The van der Waals surface area contributed by atoms with Gasteiger partial charge in [0.2, 0.25) is 0 Å². The summed E-state index contributed by atoms with van der Waals surface area (Å²) in [6, 6.07) is 3.36. The van der Waals surface area contributed by atoms with Crippen molar-refractivity contribution in [2.45, 2.75) is 40.0 Å². The maximum Gasteiger partial charge on any atom is 0.286 e. The molecule has 86 valence electrons. The van der Waals surface area contributed by atoms with E-state index in [1.807, 2.05) is 0 Å². The molecule has 0 spiro atoms. The van der Waals surface area contributed by atoms with Gasteiger partial charge in [0.15, 0.2) is 5.76 Å². The number of hydrogen-bond donors (Lipinski definition) is 1. The van der Waals surface area contributed by atoms with E-state index in [1.165, 1.54) is 12.7 Å². The van der Waals surface area contributed by atoms with Crippen LogP contribution in [0.3, 0.4) is 0 Å². The average Bonchev–Trinajstić information content (AvgIpc) is 2.72. The van der Waals surface area contributed by atoms with Crippen LogP contribution in [-0.4, -0.2) is 12.5 Å². The highest BCUT2D eigenvalue weighted by molar-refractivity contribution is 5.91. The van der Waals surface area contributed by atoms with Crippen LogP contribution in [0.4, 0.5) is 0 Å². The number of rotatable bonds is 4. The number of carbonyl (C=O) groups excluding carboxylic acids is 1. The zero-order valence-electron chi connectivity index (χ0n) is 9.88. The normalized spacial score (nSPS) is 9.00. The molecule has 0 saturated carbocycles. The van der Waals surface area contributed by atoms with E-state index < -0.39 is 0 Å². The minimum atomic E-state index is -0.131. The number of unbranched alkanes of at least 4 members (excludes halogenated alkanes) is 1. The van der Waals surface area contributed by atoms with E-state index in [2.05, 4.69) is 26.1 Å². The lowest BCUT2D eigenvalue weighted by Gasteiger charge is -1.99. The van der Waals surface area contributed by atoms with Gasteiger partial charge in [0, 0.05) is 6.54 Å². The Hall–Kier alpha value is -1.25. The van der Waals surface area contributed by atoms with Gasteiger partial charge in [-0.3, -0.25) is 4.79 Å². The van der Waals surface area contributed by atoms with Gasteiger partial charge >= 0.3 is 0 Å². The van der Waals surface area contributed by atoms with Crippen molar-refractivity contribution in [2.75, 3.05) is 6.54 Å². The van der Waals surface area contributed by atoms with Gasteiger partial charge in [0.25, 0.3) is 5.91 Å². The maximum absolute atomic E-state index is 11.2. The van der Waals surface area contributed by atoms with Gasteiger partial charge in [-0.15, -0.1) is 0 Å². The van der Waals surface area contributed by atoms with Crippen LogP contribution >= 0.6 is 0 Å². The predicted molar refractivity (Wildman–Crippen MR) is 61.9 cm³/mol. The van der Waals surface area contributed by atoms with E-state index in [4.69, 9.17) is 4.42 Å². The topological polar surface area (TPSA) is 42.2 Å². The summed E-state index contributed by atoms with van der Waals surface area (Å²) in [4.78, 5) is 11.2. The van der Waals surface area contributed by atoms with Crippen molar-refractivity contribution in [1.82, 2.24) is 5.32 Å². The minimum absolute atomic E-state index is 0.131. The standard InChI is InChI=1S/C9H13NO2.C3H8/c1-2-3-6-10-9(11)8-5-4-7-12-8;1-3-2/h4-5,7H,2-3,6H2,1H3,(H,10,11);3H2,1-2H3. The van der Waals surface area contributed by atoms with Gasteiger partial charge < -0.3 is 9.73 Å². The highest BCUT2D eigenvalue weighted by Gasteiger charge is 2.05. The third-order valence-corrected chi connectivity index (χ3v) is 1.56. The Bertz CT molecular complexity index is 242. The van der Waals surface area contributed by atoms with Crippen molar-refractivity contribution in [3.63, 3.8) is 0 Å². The van der Waals surface area contributed by atoms with Gasteiger partial charge in [-0.2, -0.15) is 0 Å². The summed E-state index contributed by atoms with van der Waals surface area (Å²) in [6.45, 7) is 7.05. The van der Waals surface area contributed by atoms with Crippen LogP contribution in [0, 0.1) is 0 Å². The van der Waals surface area contributed by atoms with Gasteiger partial charge in [0.1, 0.15) is 0 Å². The molecule has 1 aromatic rings. The third-order valence-electron chi connectivity index (χ3n) is 1.56. The molecule has 0 radical (unpaired) electrons. The molecule has 0 aliphatic heterocycles. The number of hydrogen-bond acceptors (Lipinski definition) is 2. The summed E-state index contributed by atoms with van der Waals surface area (Å²) in [6.07, 6.45) is 4.83. The third kappa shape index (κ3) is 6.77. The fraction of sp³-hybridized carbons (Fsp3) is 0.583. The van der Waals surface area contributed by atoms with Crippen LogP contribution in [0.5, 0.6) is 0 Å². The Labute approximate surface area is 91.9 Å². The molecule has 1 heterocycles. The monoisotopic (exact) mass is 211 g/mol. The van der Waals surface area contributed by atoms with Crippen LogP contribution in [-0.2, 0) is 0 Å². The first-order valence-electron chi connectivity index (χ1n) is 5.57. The van der Waals surface area contributed by atoms with Crippen LogP contribution < -0.4 is 5.32 Å². The molecule has 0 aliphatic carbocycles. The maximum atomic E-state index is 11.2. The summed E-state index contributed by atoms with van der Waals surface area (Å²) in [5, 5.41) is 2.75. The highest BCUT2D eigenvalue weighted by atomic mass is 16.3. The number of furan rings is 1. The number of nitrogens with one attached hydrogen (secondary N) is 1. The summed E-state index contributed by atoms with van der Waals surface area (Å²) >= 11 is 0. The summed E-state index contributed by atoms with van der Waals surface area (Å²) in [5.41, 5.74) is 0. The molecule has 0 aliphatic rings. The first kappa shape index (κ1) is 13.8. The second-order valence-electron chi connectivity index (χ2n) is 3.29. The molecule has 1 amide bonds. The highest BCUT2D eigenvalue weighted by Crippen LogP contribution is 1.98. The van der Waals surface area contributed by atoms with E-state index in [9.17, 15) is 4.79 Å². The van der Waals surface area contributed by atoms with Crippen molar-refractivity contribution in [3.05, 3.63) is 24.2 Å². The SMILES string of the molecule is CCC.CCCCNC(=O)c1ccco1. The molecule has 0 atom stereocenters. The molecule has 15 heavy (non-hydrogen) atoms. The average molecular weight is 211 g/mol. The molecule has 1 N–H and O–H groups in total. The van der Waals surface area contributed by atoms with E-state index in [0.29, 0.717) is 5.76 Å². The van der Waals surface area contributed by atoms with Crippen molar-refractivity contribution in [3.8, 4) is 0 Å². The van der Waals surface area contributed by atoms with Crippen LogP contribution in [0.2, 0.25) is 0 Å². The van der Waals surface area contributed by atoms with Crippen LogP contribution in [0.25, 0.3) is 0 Å². The smallest absolute Gasteiger partial charge is 0.286 e. The van der Waals surface area contributed by atoms with E-state index in [-0.39, 0.29) is 5.91 Å². The first-order chi connectivity index (χ1) is 7.26. The van der Waals surface area contributed by atoms with Crippen LogP contribution in [0.1, 0.15) is 50.6 Å². The summed E-state index contributed by atoms with van der Waals surface area (Å²) in [5.74, 6) is 0.250. The van der Waals surface area contributed by atoms with Crippen molar-refractivity contribution in [2.24, 2.45) is 0 Å². The minimum Gasteiger partial charge on any atom is -0.459 e. The molecule has 0 bridgehead atoms. The fourth-order valence-corrected chi connectivity index (χ4v) is 0.874. The lowest BCUT2D eigenvalue weighted by Crippen LogP contribution is -2.23. The van der Waals surface area contributed by atoms with Crippen molar-refractivity contribution >= 4 is 5.91 Å². The van der Waals surface area contributed by atoms with Gasteiger partial charge in [0.05, 0.1) is 6.26 Å². The number of carbonyl (C=O) groups is 1. The zero-order valence-corrected chi connectivity index (χ0v) is 9.88. The van der Waals surface area contributed by atoms with Gasteiger partial charge in [-0.25, -0.2) is 0 Å². The first-order valence-corrected chi connectivity index (χ1v) is 5.57. The Kier molecular flexibility index (Phi) is 8.53. The zero-order chi connectivity index (χ0) is 11.5. The summed E-state index contributed by atoms with van der Waals surface area (Å²) < 4.78 is 4.91. The molecule has 1 aromatic heterocycles. The Morgan fingerprint density at radius 3 is 2.53 bits per heavy atom. The molecular weight excluding hydrogens is 190 g/mol. The quantitative estimate of drug-likeness (QED) is 0.777. The largest absolute Gasteiger partial charge is 0.459 e. The molecular formula is C12H21NO2. The molecule has 0 saturated heterocycles. The molecule has 3 heteroatoms. The number of amides is 1. The van der Waals surface area contributed by atoms with Gasteiger partial charge in [-0.05, 0) is 18.6 Å². The lowest BCUT2D eigenvalue weighted by atomic mass is 10.3. The van der Waals surface area contributed by atoms with E-state index >= 15 is 0 Å². The molecule has 3 nitrogen and oxygen atoms in total. The molecule has 0 fully saturated rings. The molecule has 0 unspecified atom stereocenters. The summed E-state index contributed by atoms with van der Waals surface area (Å²) in [7, 11) is 0. The van der Waals surface area contributed by atoms with E-state index in [0.717, 1.165) is 19.4 Å². The Morgan fingerprint density at radius 2 is 2.07 bits per heavy atom. The lowest BCUT2D eigenvalue weighted by molar-refractivity contribution is 0.0925. The second-order valence-corrected chi connectivity index (χ2v) is 3.29. The van der Waals surface area contributed by atoms with Crippen molar-refractivity contribution in [1.29, 1.82) is 0 Å². The Balaban J connectivity index is 0.000000583. The fourth-order valence-electron chi connectivity index (χ4n) is 0.874. The second kappa shape index (κ2) is 9.31.